The highest BCUT2D eigenvalue weighted by molar-refractivity contribution is 5.72. The molecule has 0 unspecified atom stereocenters. The van der Waals surface area contributed by atoms with Crippen molar-refractivity contribution in [1.29, 1.82) is 0 Å². The summed E-state index contributed by atoms with van der Waals surface area (Å²) in [6.07, 6.45) is 14.6. The normalized spacial score (nSPS) is 20.4. The third kappa shape index (κ3) is 7.22. The summed E-state index contributed by atoms with van der Waals surface area (Å²) in [5.41, 5.74) is 1.41. The van der Waals surface area contributed by atoms with Gasteiger partial charge in [0.25, 0.3) is 0 Å². The molecule has 1 aliphatic carbocycles. The lowest BCUT2D eigenvalue weighted by Crippen LogP contribution is -2.13. The molecule has 0 aromatic heterocycles. The Bertz CT molecular complexity index is 483. The monoisotopic (exact) mass is 344 g/mol. The van der Waals surface area contributed by atoms with Crippen LogP contribution in [0.4, 0.5) is 0 Å². The third-order valence-electron chi connectivity index (χ3n) is 5.63. The molecule has 1 aliphatic rings. The van der Waals surface area contributed by atoms with Crippen LogP contribution in [-0.2, 0) is 4.79 Å². The number of benzene rings is 1. The molecule has 140 valence electrons. The zero-order chi connectivity index (χ0) is 17.9. The standard InChI is InChI=1S/C23H36O2/c1-3-5-7-9-19-11-13-20(14-12-19)21-15-17-22(18-16-21)25-23(24)10-8-6-4-2/h15-20H,3-14H2,1-2H3. The third-order valence-corrected chi connectivity index (χ3v) is 5.63. The molecule has 0 saturated heterocycles. The Morgan fingerprint density at radius 3 is 2.20 bits per heavy atom. The van der Waals surface area contributed by atoms with Crippen LogP contribution in [0.15, 0.2) is 24.3 Å². The van der Waals surface area contributed by atoms with E-state index in [1.165, 1.54) is 56.9 Å². The lowest BCUT2D eigenvalue weighted by Gasteiger charge is -2.29. The van der Waals surface area contributed by atoms with Gasteiger partial charge in [0, 0.05) is 6.42 Å². The lowest BCUT2D eigenvalue weighted by molar-refractivity contribution is -0.134. The van der Waals surface area contributed by atoms with Gasteiger partial charge in [0.1, 0.15) is 5.75 Å². The van der Waals surface area contributed by atoms with Crippen LogP contribution in [0.3, 0.4) is 0 Å². The van der Waals surface area contributed by atoms with E-state index in [0.717, 1.165) is 25.2 Å². The fourth-order valence-electron chi connectivity index (χ4n) is 3.98. The van der Waals surface area contributed by atoms with Gasteiger partial charge < -0.3 is 4.74 Å². The van der Waals surface area contributed by atoms with Crippen molar-refractivity contribution in [3.63, 3.8) is 0 Å². The Balaban J connectivity index is 1.74. The van der Waals surface area contributed by atoms with Crippen LogP contribution in [-0.4, -0.2) is 5.97 Å². The van der Waals surface area contributed by atoms with Crippen molar-refractivity contribution >= 4 is 5.97 Å². The first kappa shape index (κ1) is 20.0. The smallest absolute Gasteiger partial charge is 0.311 e. The first-order chi connectivity index (χ1) is 12.2. The van der Waals surface area contributed by atoms with Crippen molar-refractivity contribution in [2.24, 2.45) is 5.92 Å². The van der Waals surface area contributed by atoms with Crippen molar-refractivity contribution in [3.05, 3.63) is 29.8 Å². The minimum absolute atomic E-state index is 0.103. The summed E-state index contributed by atoms with van der Waals surface area (Å²) in [6.45, 7) is 4.42. The van der Waals surface area contributed by atoms with Crippen molar-refractivity contribution in [3.8, 4) is 5.75 Å². The second-order valence-electron chi connectivity index (χ2n) is 7.71. The lowest BCUT2D eigenvalue weighted by atomic mass is 9.77. The SMILES string of the molecule is CCCCCC(=O)Oc1ccc(C2CCC(CCCCC)CC2)cc1. The van der Waals surface area contributed by atoms with Gasteiger partial charge in [0.2, 0.25) is 0 Å². The number of unbranched alkanes of at least 4 members (excludes halogenated alkanes) is 4. The molecule has 0 amide bonds. The number of rotatable bonds is 10. The zero-order valence-electron chi connectivity index (χ0n) is 16.3. The molecule has 0 N–H and O–H groups in total. The summed E-state index contributed by atoms with van der Waals surface area (Å²) < 4.78 is 5.44. The van der Waals surface area contributed by atoms with E-state index in [1.807, 2.05) is 12.1 Å². The fraction of sp³-hybridized carbons (Fsp3) is 0.696. The van der Waals surface area contributed by atoms with E-state index in [1.54, 1.807) is 0 Å². The second kappa shape index (κ2) is 11.3. The molecule has 0 radical (unpaired) electrons. The molecular formula is C23H36O2. The predicted octanol–water partition coefficient (Wildman–Crippen LogP) is 7.03. The number of carbonyl (C=O) groups excluding carboxylic acids is 1. The summed E-state index contributed by atoms with van der Waals surface area (Å²) >= 11 is 0. The summed E-state index contributed by atoms with van der Waals surface area (Å²) in [7, 11) is 0. The Kier molecular flexibility index (Phi) is 9.07. The molecule has 0 spiro atoms. The van der Waals surface area contributed by atoms with Gasteiger partial charge in [0.15, 0.2) is 0 Å². The van der Waals surface area contributed by atoms with Crippen LogP contribution in [0.2, 0.25) is 0 Å². The van der Waals surface area contributed by atoms with E-state index in [9.17, 15) is 4.79 Å². The zero-order valence-corrected chi connectivity index (χ0v) is 16.3. The van der Waals surface area contributed by atoms with Crippen molar-refractivity contribution in [2.45, 2.75) is 96.8 Å². The molecule has 0 aliphatic heterocycles. The van der Waals surface area contributed by atoms with E-state index < -0.39 is 0 Å². The highest BCUT2D eigenvalue weighted by Gasteiger charge is 2.22. The van der Waals surface area contributed by atoms with Gasteiger partial charge >= 0.3 is 5.97 Å². The molecule has 1 aromatic carbocycles. The molecule has 25 heavy (non-hydrogen) atoms. The van der Waals surface area contributed by atoms with E-state index >= 15 is 0 Å². The maximum absolute atomic E-state index is 11.8. The Labute approximate surface area is 154 Å². The van der Waals surface area contributed by atoms with Crippen LogP contribution in [0, 0.1) is 5.92 Å². The topological polar surface area (TPSA) is 26.3 Å². The Hall–Kier alpha value is -1.31. The minimum atomic E-state index is -0.103. The molecule has 1 aromatic rings. The summed E-state index contributed by atoms with van der Waals surface area (Å²) in [6, 6.07) is 8.27. The van der Waals surface area contributed by atoms with Crippen LogP contribution < -0.4 is 4.74 Å². The van der Waals surface area contributed by atoms with Gasteiger partial charge in [-0.2, -0.15) is 0 Å². The van der Waals surface area contributed by atoms with E-state index in [4.69, 9.17) is 4.74 Å². The van der Waals surface area contributed by atoms with Gasteiger partial charge in [-0.3, -0.25) is 4.79 Å². The predicted molar refractivity (Wildman–Crippen MR) is 105 cm³/mol. The average molecular weight is 345 g/mol. The molecule has 1 fully saturated rings. The van der Waals surface area contributed by atoms with E-state index in [0.29, 0.717) is 18.1 Å². The Morgan fingerprint density at radius 1 is 0.920 bits per heavy atom. The Morgan fingerprint density at radius 2 is 1.56 bits per heavy atom. The molecular weight excluding hydrogens is 308 g/mol. The van der Waals surface area contributed by atoms with Gasteiger partial charge in [-0.15, -0.1) is 0 Å². The molecule has 0 heterocycles. The summed E-state index contributed by atoms with van der Waals surface area (Å²) in [5, 5.41) is 0. The minimum Gasteiger partial charge on any atom is -0.427 e. The number of hydrogen-bond acceptors (Lipinski definition) is 2. The largest absolute Gasteiger partial charge is 0.427 e. The average Bonchev–Trinajstić information content (AvgIpc) is 2.63. The van der Waals surface area contributed by atoms with E-state index in [2.05, 4.69) is 26.0 Å². The molecule has 2 rings (SSSR count). The number of esters is 1. The summed E-state index contributed by atoms with van der Waals surface area (Å²) in [5.74, 6) is 2.23. The molecule has 0 atom stereocenters. The van der Waals surface area contributed by atoms with Gasteiger partial charge in [-0.25, -0.2) is 0 Å². The van der Waals surface area contributed by atoms with Crippen LogP contribution in [0.25, 0.3) is 0 Å². The van der Waals surface area contributed by atoms with Gasteiger partial charge in [-0.1, -0.05) is 64.5 Å². The first-order valence-electron chi connectivity index (χ1n) is 10.5. The molecule has 0 bridgehead atoms. The number of carbonyl (C=O) groups is 1. The van der Waals surface area contributed by atoms with Crippen LogP contribution in [0.1, 0.15) is 102 Å². The maximum Gasteiger partial charge on any atom is 0.311 e. The van der Waals surface area contributed by atoms with Crippen molar-refractivity contribution < 1.29 is 9.53 Å². The fourth-order valence-corrected chi connectivity index (χ4v) is 3.98. The van der Waals surface area contributed by atoms with Crippen molar-refractivity contribution in [1.82, 2.24) is 0 Å². The number of hydrogen-bond donors (Lipinski definition) is 0. The summed E-state index contributed by atoms with van der Waals surface area (Å²) in [4.78, 5) is 11.8. The van der Waals surface area contributed by atoms with Gasteiger partial charge in [0.05, 0.1) is 0 Å². The molecule has 2 heteroatoms. The van der Waals surface area contributed by atoms with Crippen LogP contribution >= 0.6 is 0 Å². The molecule has 2 nitrogen and oxygen atoms in total. The number of ether oxygens (including phenoxy) is 1. The van der Waals surface area contributed by atoms with Gasteiger partial charge in [-0.05, 0) is 61.6 Å². The van der Waals surface area contributed by atoms with E-state index in [-0.39, 0.29) is 5.97 Å². The quantitative estimate of drug-likeness (QED) is 0.259. The van der Waals surface area contributed by atoms with Crippen molar-refractivity contribution in [2.75, 3.05) is 0 Å². The second-order valence-corrected chi connectivity index (χ2v) is 7.71. The van der Waals surface area contributed by atoms with Crippen LogP contribution in [0.5, 0.6) is 5.75 Å². The maximum atomic E-state index is 11.8. The highest BCUT2D eigenvalue weighted by atomic mass is 16.5. The highest BCUT2D eigenvalue weighted by Crippen LogP contribution is 2.38. The first-order valence-corrected chi connectivity index (χ1v) is 10.5. The molecule has 1 saturated carbocycles.